The van der Waals surface area contributed by atoms with Crippen LogP contribution in [-0.2, 0) is 19.9 Å². The van der Waals surface area contributed by atoms with Crippen molar-refractivity contribution >= 4 is 0 Å². The summed E-state index contributed by atoms with van der Waals surface area (Å²) >= 11 is 0. The molecule has 0 spiro atoms. The third-order valence-electron chi connectivity index (χ3n) is 3.32. The summed E-state index contributed by atoms with van der Waals surface area (Å²) in [5, 5.41) is 8.08. The third-order valence-corrected chi connectivity index (χ3v) is 3.32. The van der Waals surface area contributed by atoms with Crippen LogP contribution in [0.15, 0.2) is 24.4 Å². The van der Waals surface area contributed by atoms with Crippen LogP contribution >= 0.6 is 0 Å². The van der Waals surface area contributed by atoms with Crippen LogP contribution in [-0.4, -0.2) is 21.6 Å². The van der Waals surface area contributed by atoms with Crippen molar-refractivity contribution in [3.8, 4) is 5.75 Å². The van der Waals surface area contributed by atoms with Gasteiger partial charge in [0.25, 0.3) is 0 Å². The molecule has 0 saturated carbocycles. The van der Waals surface area contributed by atoms with Crippen LogP contribution < -0.4 is 4.74 Å². The predicted molar refractivity (Wildman–Crippen MR) is 80.1 cm³/mol. The molecular weight excluding hydrogens is 250 g/mol. The first-order chi connectivity index (χ1) is 9.60. The van der Waals surface area contributed by atoms with Crippen LogP contribution in [0.3, 0.4) is 0 Å². The van der Waals surface area contributed by atoms with E-state index in [9.17, 15) is 0 Å². The fraction of sp³-hybridized carbons (Fsp3) is 0.500. The van der Waals surface area contributed by atoms with Gasteiger partial charge in [-0.25, -0.2) is 0 Å². The van der Waals surface area contributed by atoms with Gasteiger partial charge in [-0.1, -0.05) is 31.2 Å². The molecule has 2 aromatic rings. The van der Waals surface area contributed by atoms with Crippen LogP contribution in [0.2, 0.25) is 0 Å². The Hall–Kier alpha value is -1.84. The molecule has 0 bridgehead atoms. The Morgan fingerprint density at radius 1 is 1.25 bits per heavy atom. The molecular formula is C16H23N3O. The summed E-state index contributed by atoms with van der Waals surface area (Å²) in [6, 6.07) is 6.49. The number of aromatic nitrogens is 3. The van der Waals surface area contributed by atoms with Crippen molar-refractivity contribution in [2.75, 3.05) is 6.61 Å². The van der Waals surface area contributed by atoms with E-state index in [1.54, 1.807) is 4.68 Å². The number of aryl methyl sites for hydroxylation is 3. The van der Waals surface area contributed by atoms with Gasteiger partial charge in [-0.2, -0.15) is 0 Å². The van der Waals surface area contributed by atoms with Crippen molar-refractivity contribution in [2.45, 2.75) is 39.5 Å². The Bertz CT molecular complexity index is 561. The largest absolute Gasteiger partial charge is 0.494 e. The average Bonchev–Trinajstić information content (AvgIpc) is 2.83. The number of nitrogens with zero attached hydrogens (tertiary/aromatic N) is 3. The van der Waals surface area contributed by atoms with E-state index < -0.39 is 0 Å². The van der Waals surface area contributed by atoms with Crippen LogP contribution in [0.5, 0.6) is 5.75 Å². The van der Waals surface area contributed by atoms with Gasteiger partial charge in [0, 0.05) is 13.2 Å². The fourth-order valence-corrected chi connectivity index (χ4v) is 2.27. The maximum absolute atomic E-state index is 5.69. The van der Waals surface area contributed by atoms with E-state index >= 15 is 0 Å². The second-order valence-corrected chi connectivity index (χ2v) is 5.34. The lowest BCUT2D eigenvalue weighted by Gasteiger charge is -2.14. The molecule has 0 aliphatic rings. The van der Waals surface area contributed by atoms with E-state index in [0.29, 0.717) is 12.5 Å². The van der Waals surface area contributed by atoms with E-state index in [0.717, 1.165) is 24.3 Å². The molecule has 0 saturated heterocycles. The molecule has 0 N–H and O–H groups in total. The van der Waals surface area contributed by atoms with Crippen LogP contribution in [0.4, 0.5) is 0 Å². The number of benzene rings is 1. The molecule has 4 nitrogen and oxygen atoms in total. The first kappa shape index (κ1) is 14.6. The summed E-state index contributed by atoms with van der Waals surface area (Å²) in [5.41, 5.74) is 3.64. The maximum atomic E-state index is 5.69. The highest BCUT2D eigenvalue weighted by Crippen LogP contribution is 2.28. The van der Waals surface area contributed by atoms with Gasteiger partial charge in [-0.05, 0) is 42.9 Å². The van der Waals surface area contributed by atoms with Crippen molar-refractivity contribution in [1.82, 2.24) is 15.0 Å². The van der Waals surface area contributed by atoms with Crippen LogP contribution in [0.1, 0.15) is 43.5 Å². The van der Waals surface area contributed by atoms with Crippen molar-refractivity contribution < 1.29 is 4.74 Å². The minimum absolute atomic E-state index is 0.466. The molecule has 0 fully saturated rings. The highest BCUT2D eigenvalue weighted by molar-refractivity contribution is 5.39. The highest BCUT2D eigenvalue weighted by Gasteiger charge is 2.09. The lowest BCUT2D eigenvalue weighted by molar-refractivity contribution is 0.335. The molecule has 0 atom stereocenters. The molecule has 0 amide bonds. The van der Waals surface area contributed by atoms with Gasteiger partial charge >= 0.3 is 0 Å². The van der Waals surface area contributed by atoms with Gasteiger partial charge in [0.05, 0.1) is 12.3 Å². The normalized spacial score (nSPS) is 11.1. The summed E-state index contributed by atoms with van der Waals surface area (Å²) in [7, 11) is 1.89. The molecule has 108 valence electrons. The van der Waals surface area contributed by atoms with E-state index in [1.165, 1.54) is 11.1 Å². The molecule has 0 aliphatic heterocycles. The Balaban J connectivity index is 2.10. The summed E-state index contributed by atoms with van der Waals surface area (Å²) in [4.78, 5) is 0. The SMILES string of the molecule is CCOc1ccc(CCc2cn(C)nn2)cc1C(C)C. The molecule has 1 aromatic carbocycles. The molecule has 4 heteroatoms. The first-order valence-corrected chi connectivity index (χ1v) is 7.21. The van der Waals surface area contributed by atoms with Crippen molar-refractivity contribution in [2.24, 2.45) is 7.05 Å². The molecule has 1 aromatic heterocycles. The second-order valence-electron chi connectivity index (χ2n) is 5.34. The number of rotatable bonds is 6. The van der Waals surface area contributed by atoms with Crippen LogP contribution in [0, 0.1) is 0 Å². The zero-order chi connectivity index (χ0) is 14.5. The van der Waals surface area contributed by atoms with Gasteiger partial charge in [-0.3, -0.25) is 4.68 Å². The Kier molecular flexibility index (Phi) is 4.77. The number of ether oxygens (including phenoxy) is 1. The van der Waals surface area contributed by atoms with Crippen molar-refractivity contribution in [3.63, 3.8) is 0 Å². The molecule has 0 unspecified atom stereocenters. The lowest BCUT2D eigenvalue weighted by atomic mass is 9.97. The first-order valence-electron chi connectivity index (χ1n) is 7.21. The second kappa shape index (κ2) is 6.55. The van der Waals surface area contributed by atoms with E-state index in [4.69, 9.17) is 4.74 Å². The third kappa shape index (κ3) is 3.59. The molecule has 1 heterocycles. The Morgan fingerprint density at radius 2 is 2.05 bits per heavy atom. The quantitative estimate of drug-likeness (QED) is 0.812. The molecule has 0 aliphatic carbocycles. The smallest absolute Gasteiger partial charge is 0.122 e. The highest BCUT2D eigenvalue weighted by atomic mass is 16.5. The van der Waals surface area contributed by atoms with Gasteiger partial charge in [0.2, 0.25) is 0 Å². The van der Waals surface area contributed by atoms with Crippen molar-refractivity contribution in [3.05, 3.63) is 41.2 Å². The topological polar surface area (TPSA) is 39.9 Å². The standard InChI is InChI=1S/C16H23N3O/c1-5-20-16-9-7-13(10-15(16)12(2)3)6-8-14-11-19(4)18-17-14/h7,9-12H,5-6,8H2,1-4H3. The van der Waals surface area contributed by atoms with E-state index in [-0.39, 0.29) is 0 Å². The zero-order valence-electron chi connectivity index (χ0n) is 12.8. The van der Waals surface area contributed by atoms with Gasteiger partial charge < -0.3 is 4.74 Å². The van der Waals surface area contributed by atoms with Gasteiger partial charge in [0.1, 0.15) is 5.75 Å². The molecule has 20 heavy (non-hydrogen) atoms. The number of hydrogen-bond donors (Lipinski definition) is 0. The molecule has 0 radical (unpaired) electrons. The monoisotopic (exact) mass is 273 g/mol. The maximum Gasteiger partial charge on any atom is 0.122 e. The van der Waals surface area contributed by atoms with Gasteiger partial charge in [0.15, 0.2) is 0 Å². The fourth-order valence-electron chi connectivity index (χ4n) is 2.27. The average molecular weight is 273 g/mol. The molecule has 2 rings (SSSR count). The van der Waals surface area contributed by atoms with E-state index in [2.05, 4.69) is 42.4 Å². The minimum atomic E-state index is 0.466. The number of hydrogen-bond acceptors (Lipinski definition) is 3. The van der Waals surface area contributed by atoms with Gasteiger partial charge in [-0.15, -0.1) is 5.10 Å². The Labute approximate surface area is 120 Å². The summed E-state index contributed by atoms with van der Waals surface area (Å²) in [5.74, 6) is 1.47. The lowest BCUT2D eigenvalue weighted by Crippen LogP contribution is -2.00. The minimum Gasteiger partial charge on any atom is -0.494 e. The summed E-state index contributed by atoms with van der Waals surface area (Å²) in [6.07, 6.45) is 3.86. The zero-order valence-corrected chi connectivity index (χ0v) is 12.8. The Morgan fingerprint density at radius 3 is 2.65 bits per heavy atom. The van der Waals surface area contributed by atoms with Crippen molar-refractivity contribution in [1.29, 1.82) is 0 Å². The predicted octanol–water partition coefficient (Wildman–Crippen LogP) is 3.12. The van der Waals surface area contributed by atoms with Crippen LogP contribution in [0.25, 0.3) is 0 Å². The summed E-state index contributed by atoms with van der Waals surface area (Å²) in [6.45, 7) is 7.12. The summed E-state index contributed by atoms with van der Waals surface area (Å²) < 4.78 is 7.44. The van der Waals surface area contributed by atoms with E-state index in [1.807, 2.05) is 20.2 Å².